The fourth-order valence-electron chi connectivity index (χ4n) is 5.63. The van der Waals surface area contributed by atoms with Crippen LogP contribution in [-0.4, -0.2) is 57.5 Å². The lowest BCUT2D eigenvalue weighted by Gasteiger charge is -2.46. The highest BCUT2D eigenvalue weighted by atomic mass is 32.1. The fourth-order valence-corrected chi connectivity index (χ4v) is 6.73. The normalized spacial score (nSPS) is 22.4. The quantitative estimate of drug-likeness (QED) is 0.119. The van der Waals surface area contributed by atoms with Crippen molar-refractivity contribution in [1.82, 2.24) is 0 Å². The molecule has 1 aliphatic heterocycles. The highest BCUT2D eigenvalue weighted by Crippen LogP contribution is 2.38. The molecule has 1 aromatic heterocycles. The molecular formula is C37H54O5S. The molecule has 2 heterocycles. The minimum absolute atomic E-state index is 0.231. The van der Waals surface area contributed by atoms with Crippen molar-refractivity contribution in [3.8, 4) is 0 Å². The zero-order chi connectivity index (χ0) is 30.3. The molecule has 3 aromatic rings. The Morgan fingerprint density at radius 1 is 0.674 bits per heavy atom. The monoisotopic (exact) mass is 610 g/mol. The van der Waals surface area contributed by atoms with Crippen molar-refractivity contribution in [1.29, 1.82) is 0 Å². The van der Waals surface area contributed by atoms with E-state index < -0.39 is 0 Å². The van der Waals surface area contributed by atoms with Gasteiger partial charge in [-0.15, -0.1) is 11.3 Å². The molecule has 1 unspecified atom stereocenters. The van der Waals surface area contributed by atoms with Crippen LogP contribution in [0.1, 0.15) is 101 Å². The first kappa shape index (κ1) is 34.1. The number of benzene rings is 2. The molecule has 2 aromatic carbocycles. The summed E-state index contributed by atoms with van der Waals surface area (Å²) in [5.74, 6) is 0. The topological polar surface area (TPSA) is 46.2 Å². The molecule has 0 aliphatic carbocycles. The molecule has 0 bridgehead atoms. The molecule has 1 saturated heterocycles. The van der Waals surface area contributed by atoms with Gasteiger partial charge in [0.05, 0.1) is 6.61 Å². The highest BCUT2D eigenvalue weighted by Gasteiger charge is 2.48. The smallest absolute Gasteiger partial charge is 0.117 e. The molecule has 5 nitrogen and oxygen atoms in total. The Balaban J connectivity index is 1.64. The lowest BCUT2D eigenvalue weighted by Crippen LogP contribution is -2.58. The van der Waals surface area contributed by atoms with Gasteiger partial charge < -0.3 is 23.7 Å². The lowest BCUT2D eigenvalue weighted by molar-refractivity contribution is -0.268. The second-order valence-electron chi connectivity index (χ2n) is 11.8. The van der Waals surface area contributed by atoms with E-state index in [2.05, 4.69) is 82.3 Å². The Hall–Kier alpha value is -1.80. The number of thiophene rings is 1. The van der Waals surface area contributed by atoms with E-state index in [0.717, 1.165) is 70.0 Å². The summed E-state index contributed by atoms with van der Waals surface area (Å²) < 4.78 is 34.5. The van der Waals surface area contributed by atoms with Crippen LogP contribution in [0.5, 0.6) is 0 Å². The fraction of sp³-hybridized carbons (Fsp3) is 0.622. The van der Waals surface area contributed by atoms with Gasteiger partial charge in [0, 0.05) is 42.4 Å². The zero-order valence-electron chi connectivity index (χ0n) is 26.9. The van der Waals surface area contributed by atoms with Gasteiger partial charge in [-0.2, -0.15) is 0 Å². The third-order valence-electron chi connectivity index (χ3n) is 8.12. The minimum Gasteiger partial charge on any atom is -0.379 e. The van der Waals surface area contributed by atoms with E-state index >= 15 is 0 Å². The van der Waals surface area contributed by atoms with Crippen molar-refractivity contribution in [2.45, 2.75) is 116 Å². The van der Waals surface area contributed by atoms with Crippen LogP contribution in [0.25, 0.3) is 10.1 Å². The van der Waals surface area contributed by atoms with Gasteiger partial charge >= 0.3 is 0 Å². The molecule has 5 atom stereocenters. The van der Waals surface area contributed by atoms with Crippen LogP contribution in [-0.2, 0) is 30.1 Å². The molecule has 1 aliphatic rings. The summed E-state index contributed by atoms with van der Waals surface area (Å²) in [7, 11) is 0. The summed E-state index contributed by atoms with van der Waals surface area (Å²) in [4.78, 5) is 1.37. The summed E-state index contributed by atoms with van der Waals surface area (Å²) in [5, 5.41) is 1.31. The summed E-state index contributed by atoms with van der Waals surface area (Å²) in [6, 6.07) is 19.8. The molecular weight excluding hydrogens is 556 g/mol. The van der Waals surface area contributed by atoms with Gasteiger partial charge in [-0.1, -0.05) is 95.8 Å². The van der Waals surface area contributed by atoms with Gasteiger partial charge in [0.1, 0.15) is 30.5 Å². The van der Waals surface area contributed by atoms with E-state index in [0.29, 0.717) is 26.4 Å². The minimum atomic E-state index is -0.267. The van der Waals surface area contributed by atoms with Crippen molar-refractivity contribution in [2.24, 2.45) is 0 Å². The maximum absolute atomic E-state index is 6.98. The van der Waals surface area contributed by atoms with Crippen LogP contribution in [0.3, 0.4) is 0 Å². The lowest BCUT2D eigenvalue weighted by atomic mass is 9.89. The second kappa shape index (κ2) is 18.9. The summed E-state index contributed by atoms with van der Waals surface area (Å²) in [5.41, 5.74) is 2.41. The first-order valence-electron chi connectivity index (χ1n) is 16.8. The van der Waals surface area contributed by atoms with Crippen LogP contribution < -0.4 is 0 Å². The van der Waals surface area contributed by atoms with Crippen molar-refractivity contribution in [3.05, 3.63) is 70.6 Å². The average molecular weight is 611 g/mol. The van der Waals surface area contributed by atoms with E-state index in [9.17, 15) is 0 Å². The molecule has 0 N–H and O–H groups in total. The molecule has 0 radical (unpaired) electrons. The molecule has 0 amide bonds. The summed E-state index contributed by atoms with van der Waals surface area (Å²) in [6.45, 7) is 12.0. The number of hydrogen-bond acceptors (Lipinski definition) is 6. The molecule has 0 spiro atoms. The van der Waals surface area contributed by atoms with E-state index in [1.54, 1.807) is 0 Å². The highest BCUT2D eigenvalue weighted by molar-refractivity contribution is 7.19. The van der Waals surface area contributed by atoms with E-state index in [1.807, 2.05) is 11.3 Å². The van der Waals surface area contributed by atoms with Gasteiger partial charge in [0.25, 0.3) is 0 Å². The number of fused-ring (bicyclic) bond motifs is 1. The summed E-state index contributed by atoms with van der Waals surface area (Å²) >= 11 is 1.87. The van der Waals surface area contributed by atoms with Crippen LogP contribution >= 0.6 is 11.3 Å². The van der Waals surface area contributed by atoms with Crippen LogP contribution in [0, 0.1) is 0 Å². The summed E-state index contributed by atoms with van der Waals surface area (Å²) in [6.07, 6.45) is 8.06. The predicted octanol–water partition coefficient (Wildman–Crippen LogP) is 9.30. The molecule has 1 fully saturated rings. The van der Waals surface area contributed by atoms with Gasteiger partial charge in [0.2, 0.25) is 0 Å². The number of rotatable bonds is 20. The Kier molecular flexibility index (Phi) is 15.0. The molecule has 6 heteroatoms. The molecule has 4 rings (SSSR count). The Labute approximate surface area is 264 Å². The maximum Gasteiger partial charge on any atom is 0.117 e. The molecule has 0 saturated carbocycles. The van der Waals surface area contributed by atoms with Crippen molar-refractivity contribution in [3.63, 3.8) is 0 Å². The van der Waals surface area contributed by atoms with Gasteiger partial charge in [-0.25, -0.2) is 0 Å². The predicted molar refractivity (Wildman–Crippen MR) is 178 cm³/mol. The van der Waals surface area contributed by atoms with Gasteiger partial charge in [-0.3, -0.25) is 0 Å². The second-order valence-corrected chi connectivity index (χ2v) is 12.9. The van der Waals surface area contributed by atoms with Gasteiger partial charge in [0.15, 0.2) is 0 Å². The van der Waals surface area contributed by atoms with Gasteiger partial charge in [-0.05, 0) is 54.3 Å². The Morgan fingerprint density at radius 2 is 1.33 bits per heavy atom. The zero-order valence-corrected chi connectivity index (χ0v) is 27.7. The number of ether oxygens (including phenoxy) is 5. The number of hydrogen-bond donors (Lipinski definition) is 0. The molecule has 43 heavy (non-hydrogen) atoms. The van der Waals surface area contributed by atoms with Crippen LogP contribution in [0.2, 0.25) is 0 Å². The van der Waals surface area contributed by atoms with Crippen LogP contribution in [0.15, 0.2) is 54.6 Å². The standard InChI is InChI=1S/C37H54O5S/c1-5-9-20-38-27-32-35(39-21-10-6-2)37(41-23-12-8-4)36(40-22-11-7-3)34(42-32)30-18-15-16-28(24-30)25-31-26-29-17-13-14-19-33(29)43-31/h13-19,24,26,32,34-37H,5-12,20-23,25,27H2,1-4H3/t32-,34?,35-,36+,37+/m1/s1. The van der Waals surface area contributed by atoms with Crippen molar-refractivity contribution >= 4 is 21.4 Å². The Bertz CT molecular complexity index is 1150. The largest absolute Gasteiger partial charge is 0.379 e. The maximum atomic E-state index is 6.98. The molecule has 238 valence electrons. The average Bonchev–Trinajstić information content (AvgIpc) is 3.43. The third kappa shape index (κ3) is 10.1. The van der Waals surface area contributed by atoms with E-state index in [-0.39, 0.29) is 30.5 Å². The van der Waals surface area contributed by atoms with E-state index in [4.69, 9.17) is 23.7 Å². The SMILES string of the molecule is CCCCOC[C@H]1OC(c2cccc(Cc3cc4ccccc4s3)c2)[C@H](OCCCC)[C@@H](OCCCC)[C@@H]1OCCCC. The van der Waals surface area contributed by atoms with E-state index in [1.165, 1.54) is 20.5 Å². The van der Waals surface area contributed by atoms with Crippen LogP contribution in [0.4, 0.5) is 0 Å². The number of unbranched alkanes of at least 4 members (excludes halogenated alkanes) is 4. The first-order chi connectivity index (χ1) is 21.2. The van der Waals surface area contributed by atoms with Crippen molar-refractivity contribution in [2.75, 3.05) is 33.0 Å². The first-order valence-corrected chi connectivity index (χ1v) is 17.6. The third-order valence-corrected chi connectivity index (χ3v) is 9.23. The Morgan fingerprint density at radius 3 is 2.02 bits per heavy atom. The van der Waals surface area contributed by atoms with Crippen molar-refractivity contribution < 1.29 is 23.7 Å².